The quantitative estimate of drug-likeness (QED) is 0.431. The standard InChI is InChI=1S/C27H38BrN3O4S/c1-19-10-15-24(17-20(19)2)31(36(7,34)35)16-8-9-25(32)30(18-22-11-13-23(28)14-12-22)21(3)26(33)29-27(4,5)6/h10-15,17,21H,8-9,16,18H2,1-7H3,(H,29,33). The van der Waals surface area contributed by atoms with Crippen LogP contribution >= 0.6 is 15.9 Å². The highest BCUT2D eigenvalue weighted by Gasteiger charge is 2.28. The number of aryl methyl sites for hydroxylation is 2. The van der Waals surface area contributed by atoms with E-state index in [2.05, 4.69) is 21.2 Å². The van der Waals surface area contributed by atoms with Crippen LogP contribution in [0, 0.1) is 13.8 Å². The van der Waals surface area contributed by atoms with Crippen molar-refractivity contribution in [1.29, 1.82) is 0 Å². The predicted molar refractivity (Wildman–Crippen MR) is 149 cm³/mol. The van der Waals surface area contributed by atoms with Crippen molar-refractivity contribution in [2.24, 2.45) is 0 Å². The number of hydrogen-bond acceptors (Lipinski definition) is 4. The zero-order chi connectivity index (χ0) is 27.3. The molecule has 0 aromatic heterocycles. The first-order valence-electron chi connectivity index (χ1n) is 12.0. The van der Waals surface area contributed by atoms with E-state index in [1.165, 1.54) is 10.6 Å². The summed E-state index contributed by atoms with van der Waals surface area (Å²) < 4.78 is 27.3. The topological polar surface area (TPSA) is 86.8 Å². The maximum absolute atomic E-state index is 13.4. The van der Waals surface area contributed by atoms with Gasteiger partial charge in [0.2, 0.25) is 21.8 Å². The third-order valence-corrected chi connectivity index (χ3v) is 7.59. The van der Waals surface area contributed by atoms with Crippen molar-refractivity contribution in [3.05, 3.63) is 63.6 Å². The minimum atomic E-state index is -3.53. The molecule has 7 nitrogen and oxygen atoms in total. The molecule has 0 saturated carbocycles. The largest absolute Gasteiger partial charge is 0.350 e. The van der Waals surface area contributed by atoms with E-state index in [0.717, 1.165) is 21.2 Å². The van der Waals surface area contributed by atoms with E-state index in [9.17, 15) is 18.0 Å². The van der Waals surface area contributed by atoms with Crippen LogP contribution < -0.4 is 9.62 Å². The lowest BCUT2D eigenvalue weighted by Crippen LogP contribution is -2.52. The molecule has 2 aromatic carbocycles. The van der Waals surface area contributed by atoms with Crippen molar-refractivity contribution in [2.75, 3.05) is 17.1 Å². The van der Waals surface area contributed by atoms with E-state index < -0.39 is 21.6 Å². The van der Waals surface area contributed by atoms with Crippen LogP contribution in [0.4, 0.5) is 5.69 Å². The molecule has 0 aliphatic carbocycles. The molecule has 2 amide bonds. The van der Waals surface area contributed by atoms with E-state index >= 15 is 0 Å². The molecule has 198 valence electrons. The van der Waals surface area contributed by atoms with Gasteiger partial charge in [-0.05, 0) is 88.9 Å². The van der Waals surface area contributed by atoms with E-state index in [4.69, 9.17) is 0 Å². The van der Waals surface area contributed by atoms with Gasteiger partial charge >= 0.3 is 0 Å². The summed E-state index contributed by atoms with van der Waals surface area (Å²) in [6.07, 6.45) is 1.60. The van der Waals surface area contributed by atoms with Crippen LogP contribution in [-0.2, 0) is 26.2 Å². The zero-order valence-corrected chi connectivity index (χ0v) is 24.7. The highest BCUT2D eigenvalue weighted by atomic mass is 79.9. The first-order chi connectivity index (χ1) is 16.6. The van der Waals surface area contributed by atoms with Gasteiger partial charge in [-0.2, -0.15) is 0 Å². The third-order valence-electron chi connectivity index (χ3n) is 5.86. The van der Waals surface area contributed by atoms with E-state index in [1.807, 2.05) is 71.0 Å². The second-order valence-electron chi connectivity index (χ2n) is 10.3. The van der Waals surface area contributed by atoms with Gasteiger partial charge < -0.3 is 10.2 Å². The summed E-state index contributed by atoms with van der Waals surface area (Å²) in [5, 5.41) is 2.95. The number of carbonyl (C=O) groups is 2. The monoisotopic (exact) mass is 579 g/mol. The maximum Gasteiger partial charge on any atom is 0.242 e. The van der Waals surface area contributed by atoms with Crippen LogP contribution in [-0.4, -0.2) is 49.5 Å². The lowest BCUT2D eigenvalue weighted by Gasteiger charge is -2.32. The summed E-state index contributed by atoms with van der Waals surface area (Å²) in [5.74, 6) is -0.441. The molecule has 0 bridgehead atoms. The average molecular weight is 581 g/mol. The van der Waals surface area contributed by atoms with Gasteiger partial charge in [0, 0.05) is 29.5 Å². The summed E-state index contributed by atoms with van der Waals surface area (Å²) in [4.78, 5) is 27.8. The van der Waals surface area contributed by atoms with Gasteiger partial charge in [-0.3, -0.25) is 13.9 Å². The van der Waals surface area contributed by atoms with Crippen LogP contribution in [0.3, 0.4) is 0 Å². The predicted octanol–water partition coefficient (Wildman–Crippen LogP) is 4.94. The Balaban J connectivity index is 2.20. The molecular weight excluding hydrogens is 542 g/mol. The molecule has 2 rings (SSSR count). The van der Waals surface area contributed by atoms with Crippen molar-refractivity contribution in [1.82, 2.24) is 10.2 Å². The molecule has 36 heavy (non-hydrogen) atoms. The molecule has 0 heterocycles. The smallest absolute Gasteiger partial charge is 0.242 e. The Morgan fingerprint density at radius 2 is 1.64 bits per heavy atom. The van der Waals surface area contributed by atoms with E-state index in [-0.39, 0.29) is 31.3 Å². The van der Waals surface area contributed by atoms with Gasteiger partial charge in [-0.1, -0.05) is 34.1 Å². The number of benzene rings is 2. The first-order valence-corrected chi connectivity index (χ1v) is 14.6. The van der Waals surface area contributed by atoms with Crippen LogP contribution in [0.25, 0.3) is 0 Å². The van der Waals surface area contributed by atoms with Crippen LogP contribution in [0.5, 0.6) is 0 Å². The number of hydrogen-bond donors (Lipinski definition) is 1. The number of amides is 2. The van der Waals surface area contributed by atoms with E-state index in [1.54, 1.807) is 17.9 Å². The minimum absolute atomic E-state index is 0.112. The SMILES string of the molecule is Cc1ccc(N(CCCC(=O)N(Cc2ccc(Br)cc2)C(C)C(=O)NC(C)(C)C)S(C)(=O)=O)cc1C. The van der Waals surface area contributed by atoms with Gasteiger partial charge in [-0.15, -0.1) is 0 Å². The lowest BCUT2D eigenvalue weighted by atomic mass is 10.1. The Morgan fingerprint density at radius 3 is 2.17 bits per heavy atom. The molecule has 9 heteroatoms. The van der Waals surface area contributed by atoms with Gasteiger partial charge in [0.15, 0.2) is 0 Å². The molecular formula is C27H38BrN3O4S. The molecule has 0 aliphatic rings. The van der Waals surface area contributed by atoms with Crippen molar-refractivity contribution >= 4 is 43.5 Å². The van der Waals surface area contributed by atoms with Crippen LogP contribution in [0.2, 0.25) is 0 Å². The Hall–Kier alpha value is -2.39. The van der Waals surface area contributed by atoms with Crippen molar-refractivity contribution in [3.8, 4) is 0 Å². The van der Waals surface area contributed by atoms with Crippen LogP contribution in [0.1, 0.15) is 57.2 Å². The summed E-state index contributed by atoms with van der Waals surface area (Å²) in [6.45, 7) is 11.8. The highest BCUT2D eigenvalue weighted by molar-refractivity contribution is 9.10. The summed E-state index contributed by atoms with van der Waals surface area (Å²) in [7, 11) is -3.53. The molecule has 2 aromatic rings. The maximum atomic E-state index is 13.4. The molecule has 0 fully saturated rings. The summed E-state index contributed by atoms with van der Waals surface area (Å²) >= 11 is 3.42. The second kappa shape index (κ2) is 12.2. The first kappa shape index (κ1) is 29.8. The summed E-state index contributed by atoms with van der Waals surface area (Å²) in [6, 6.07) is 12.4. The second-order valence-corrected chi connectivity index (χ2v) is 13.1. The number of halogens is 1. The van der Waals surface area contributed by atoms with Crippen molar-refractivity contribution in [3.63, 3.8) is 0 Å². The third kappa shape index (κ3) is 8.92. The van der Waals surface area contributed by atoms with Gasteiger partial charge in [0.05, 0.1) is 11.9 Å². The average Bonchev–Trinajstić information content (AvgIpc) is 2.75. The molecule has 1 N–H and O–H groups in total. The Kier molecular flexibility index (Phi) is 10.1. The number of rotatable bonds is 10. The van der Waals surface area contributed by atoms with Crippen molar-refractivity contribution in [2.45, 2.75) is 72.5 Å². The fraction of sp³-hybridized carbons (Fsp3) is 0.481. The Bertz CT molecular complexity index is 1170. The highest BCUT2D eigenvalue weighted by Crippen LogP contribution is 2.22. The fourth-order valence-corrected chi connectivity index (χ4v) is 4.95. The normalized spacial score (nSPS) is 12.7. The number of anilines is 1. The van der Waals surface area contributed by atoms with Crippen LogP contribution in [0.15, 0.2) is 46.9 Å². The fourth-order valence-electron chi connectivity index (χ4n) is 3.73. The Labute approximate surface area is 224 Å². The molecule has 0 saturated heterocycles. The molecule has 1 atom stereocenters. The zero-order valence-electron chi connectivity index (χ0n) is 22.3. The van der Waals surface area contributed by atoms with Gasteiger partial charge in [0.1, 0.15) is 6.04 Å². The number of sulfonamides is 1. The number of nitrogens with one attached hydrogen (secondary N) is 1. The summed E-state index contributed by atoms with van der Waals surface area (Å²) in [5.41, 5.74) is 3.12. The molecule has 0 aliphatic heterocycles. The van der Waals surface area contributed by atoms with E-state index in [0.29, 0.717) is 12.1 Å². The molecule has 1 unspecified atom stereocenters. The van der Waals surface area contributed by atoms with Crippen molar-refractivity contribution < 1.29 is 18.0 Å². The number of carbonyl (C=O) groups excluding carboxylic acids is 2. The van der Waals surface area contributed by atoms with Gasteiger partial charge in [-0.25, -0.2) is 8.42 Å². The van der Waals surface area contributed by atoms with Gasteiger partial charge in [0.25, 0.3) is 0 Å². The molecule has 0 spiro atoms. The Morgan fingerprint density at radius 1 is 1.03 bits per heavy atom. The lowest BCUT2D eigenvalue weighted by molar-refractivity contribution is -0.141. The number of nitrogens with zero attached hydrogens (tertiary/aromatic N) is 2. The minimum Gasteiger partial charge on any atom is -0.350 e. The molecule has 0 radical (unpaired) electrons.